The molecule has 1 aromatic carbocycles. The van der Waals surface area contributed by atoms with E-state index in [2.05, 4.69) is 45.9 Å². The summed E-state index contributed by atoms with van der Waals surface area (Å²) in [5, 5.41) is 0. The normalized spacial score (nSPS) is 11.2. The Morgan fingerprint density at radius 3 is 2.44 bits per heavy atom. The second-order valence-corrected chi connectivity index (χ2v) is 6.38. The van der Waals surface area contributed by atoms with Gasteiger partial charge in [-0.15, -0.1) is 0 Å². The number of hydrogen-bond acceptors (Lipinski definition) is 7. The number of nitrogens with zero attached hydrogens (tertiary/aromatic N) is 6. The Balaban J connectivity index is 2.03. The number of hydrogen-bond donors (Lipinski definition) is 2. The van der Waals surface area contributed by atoms with Gasteiger partial charge in [-0.05, 0) is 44.0 Å². The number of aryl methyl sites for hydroxylation is 3. The molecule has 0 spiro atoms. The number of nitrogen functional groups attached to an aromatic ring is 2. The van der Waals surface area contributed by atoms with Crippen LogP contribution < -0.4 is 11.5 Å². The molecule has 0 aliphatic heterocycles. The zero-order chi connectivity index (χ0) is 19.1. The Bertz CT molecular complexity index is 1160. The molecule has 136 valence electrons. The molecule has 0 saturated heterocycles. The minimum Gasteiger partial charge on any atom is -0.368 e. The van der Waals surface area contributed by atoms with Gasteiger partial charge >= 0.3 is 0 Å². The van der Waals surface area contributed by atoms with Crippen LogP contribution in [0.25, 0.3) is 33.9 Å². The summed E-state index contributed by atoms with van der Waals surface area (Å²) in [6.07, 6.45) is 1.61. The Morgan fingerprint density at radius 1 is 0.926 bits per heavy atom. The summed E-state index contributed by atoms with van der Waals surface area (Å²) < 4.78 is 1.96. The quantitative estimate of drug-likeness (QED) is 0.576. The fraction of sp³-hybridized carbons (Fsp3) is 0.211. The lowest BCUT2D eigenvalue weighted by Crippen LogP contribution is -2.04. The van der Waals surface area contributed by atoms with Crippen molar-refractivity contribution in [2.45, 2.75) is 27.3 Å². The van der Waals surface area contributed by atoms with E-state index in [1.807, 2.05) is 17.6 Å². The fourth-order valence-corrected chi connectivity index (χ4v) is 3.10. The van der Waals surface area contributed by atoms with Crippen LogP contribution in [-0.2, 0) is 6.54 Å². The molecule has 4 N–H and O–H groups in total. The van der Waals surface area contributed by atoms with E-state index in [1.165, 1.54) is 11.1 Å². The van der Waals surface area contributed by atoms with E-state index in [-0.39, 0.29) is 11.9 Å². The highest BCUT2D eigenvalue weighted by Gasteiger charge is 2.19. The number of anilines is 2. The lowest BCUT2D eigenvalue weighted by molar-refractivity contribution is 0.783. The van der Waals surface area contributed by atoms with Gasteiger partial charge in [0.15, 0.2) is 11.5 Å². The molecule has 0 unspecified atom stereocenters. The lowest BCUT2D eigenvalue weighted by Gasteiger charge is -2.07. The number of aromatic nitrogens is 6. The van der Waals surface area contributed by atoms with Crippen LogP contribution in [-0.4, -0.2) is 29.5 Å². The van der Waals surface area contributed by atoms with Crippen molar-refractivity contribution in [3.05, 3.63) is 41.6 Å². The summed E-state index contributed by atoms with van der Waals surface area (Å²) in [6.45, 7) is 6.81. The highest BCUT2D eigenvalue weighted by molar-refractivity contribution is 5.90. The Hall–Kier alpha value is -3.55. The van der Waals surface area contributed by atoms with Gasteiger partial charge in [0.25, 0.3) is 0 Å². The van der Waals surface area contributed by atoms with Crippen LogP contribution in [0.4, 0.5) is 11.9 Å². The molecule has 0 aliphatic rings. The number of benzene rings is 1. The van der Waals surface area contributed by atoms with Crippen LogP contribution in [0, 0.1) is 13.8 Å². The third kappa shape index (κ3) is 2.84. The first-order chi connectivity index (χ1) is 13.0. The molecule has 0 radical (unpaired) electrons. The highest BCUT2D eigenvalue weighted by atomic mass is 15.2. The predicted molar refractivity (Wildman–Crippen MR) is 106 cm³/mol. The number of fused-ring (bicyclic) bond motifs is 1. The van der Waals surface area contributed by atoms with Gasteiger partial charge in [0.05, 0.1) is 0 Å². The summed E-state index contributed by atoms with van der Waals surface area (Å²) in [4.78, 5) is 22.0. The number of nitrogens with two attached hydrogens (primary N) is 2. The van der Waals surface area contributed by atoms with Gasteiger partial charge in [0.1, 0.15) is 16.9 Å². The van der Waals surface area contributed by atoms with Crippen molar-refractivity contribution in [3.8, 4) is 22.8 Å². The van der Waals surface area contributed by atoms with E-state index in [1.54, 1.807) is 12.3 Å². The number of imidazole rings is 1. The van der Waals surface area contributed by atoms with Gasteiger partial charge in [0, 0.05) is 18.3 Å². The molecule has 0 bridgehead atoms. The zero-order valence-corrected chi connectivity index (χ0v) is 15.4. The van der Waals surface area contributed by atoms with Gasteiger partial charge in [-0.2, -0.15) is 4.98 Å². The van der Waals surface area contributed by atoms with Crippen molar-refractivity contribution >= 4 is 23.1 Å². The van der Waals surface area contributed by atoms with Crippen LogP contribution >= 0.6 is 0 Å². The first-order valence-corrected chi connectivity index (χ1v) is 8.68. The van der Waals surface area contributed by atoms with E-state index >= 15 is 0 Å². The SMILES string of the molecule is CCn1c(-c2ccnc(N)n2)nc2c(-c3ccc(C)c(C)c3)nc(N)nc21. The second-order valence-electron chi connectivity index (χ2n) is 6.38. The minimum atomic E-state index is 0.196. The van der Waals surface area contributed by atoms with Gasteiger partial charge in [-0.1, -0.05) is 12.1 Å². The standard InChI is InChI=1S/C19H20N8/c1-4-27-16(13-7-8-22-18(20)23-13)24-15-14(25-19(21)26-17(15)27)12-6-5-10(2)11(3)9-12/h5-9H,4H2,1-3H3,(H2,20,22,23)(H2,21,25,26). The van der Waals surface area contributed by atoms with Crippen LogP contribution in [0.1, 0.15) is 18.1 Å². The molecule has 4 rings (SSSR count). The van der Waals surface area contributed by atoms with Crippen molar-refractivity contribution in [2.75, 3.05) is 11.5 Å². The van der Waals surface area contributed by atoms with E-state index in [4.69, 9.17) is 16.5 Å². The summed E-state index contributed by atoms with van der Waals surface area (Å²) in [7, 11) is 0. The second kappa shape index (κ2) is 6.31. The molecule has 0 fully saturated rings. The molecule has 8 heteroatoms. The molecule has 8 nitrogen and oxygen atoms in total. The number of rotatable bonds is 3. The topological polar surface area (TPSA) is 121 Å². The van der Waals surface area contributed by atoms with Crippen LogP contribution in [0.15, 0.2) is 30.5 Å². The van der Waals surface area contributed by atoms with E-state index < -0.39 is 0 Å². The predicted octanol–water partition coefficient (Wildman–Crippen LogP) is 2.75. The van der Waals surface area contributed by atoms with Crippen LogP contribution in [0.2, 0.25) is 0 Å². The molecule has 27 heavy (non-hydrogen) atoms. The largest absolute Gasteiger partial charge is 0.368 e. The summed E-state index contributed by atoms with van der Waals surface area (Å²) in [6, 6.07) is 7.95. The zero-order valence-electron chi connectivity index (χ0n) is 15.4. The van der Waals surface area contributed by atoms with Gasteiger partial charge in [-0.25, -0.2) is 19.9 Å². The van der Waals surface area contributed by atoms with Gasteiger partial charge in [-0.3, -0.25) is 0 Å². The molecule has 3 aromatic heterocycles. The lowest BCUT2D eigenvalue weighted by atomic mass is 10.0. The summed E-state index contributed by atoms with van der Waals surface area (Å²) in [5.41, 5.74) is 17.8. The molecule has 0 atom stereocenters. The maximum absolute atomic E-state index is 6.02. The molecule has 4 aromatic rings. The Morgan fingerprint density at radius 2 is 1.74 bits per heavy atom. The van der Waals surface area contributed by atoms with Gasteiger partial charge in [0.2, 0.25) is 11.9 Å². The smallest absolute Gasteiger partial charge is 0.222 e. The van der Waals surface area contributed by atoms with Crippen molar-refractivity contribution in [3.63, 3.8) is 0 Å². The maximum Gasteiger partial charge on any atom is 0.222 e. The maximum atomic E-state index is 6.02. The molecule has 3 heterocycles. The van der Waals surface area contributed by atoms with E-state index in [0.29, 0.717) is 34.9 Å². The van der Waals surface area contributed by atoms with E-state index in [9.17, 15) is 0 Å². The molecule has 0 aliphatic carbocycles. The van der Waals surface area contributed by atoms with Gasteiger partial charge < -0.3 is 16.0 Å². The Kier molecular flexibility index (Phi) is 3.95. The molecular weight excluding hydrogens is 340 g/mol. The third-order valence-electron chi connectivity index (χ3n) is 4.61. The van der Waals surface area contributed by atoms with Crippen molar-refractivity contribution < 1.29 is 0 Å². The van der Waals surface area contributed by atoms with Crippen LogP contribution in [0.5, 0.6) is 0 Å². The first-order valence-electron chi connectivity index (χ1n) is 8.68. The van der Waals surface area contributed by atoms with Crippen LogP contribution in [0.3, 0.4) is 0 Å². The first kappa shape index (κ1) is 16.9. The average Bonchev–Trinajstić information content (AvgIpc) is 3.01. The fourth-order valence-electron chi connectivity index (χ4n) is 3.10. The third-order valence-corrected chi connectivity index (χ3v) is 4.61. The van der Waals surface area contributed by atoms with Crippen molar-refractivity contribution in [2.24, 2.45) is 0 Å². The molecular formula is C19H20N8. The van der Waals surface area contributed by atoms with Crippen molar-refractivity contribution in [1.82, 2.24) is 29.5 Å². The summed E-state index contributed by atoms with van der Waals surface area (Å²) >= 11 is 0. The molecule has 0 saturated carbocycles. The average molecular weight is 360 g/mol. The highest BCUT2D eigenvalue weighted by Crippen LogP contribution is 2.31. The van der Waals surface area contributed by atoms with E-state index in [0.717, 1.165) is 5.56 Å². The van der Waals surface area contributed by atoms with Crippen molar-refractivity contribution in [1.29, 1.82) is 0 Å². The monoisotopic (exact) mass is 360 g/mol. The summed E-state index contributed by atoms with van der Waals surface area (Å²) in [5.74, 6) is 1.06. The minimum absolute atomic E-state index is 0.196. The molecule has 0 amide bonds. The Labute approximate surface area is 156 Å².